The molecule has 0 saturated heterocycles. The van der Waals surface area contributed by atoms with Crippen molar-refractivity contribution in [1.82, 2.24) is 5.32 Å². The van der Waals surface area contributed by atoms with Gasteiger partial charge in [0.1, 0.15) is 11.6 Å². The number of benzene rings is 1. The maximum absolute atomic E-state index is 14.0. The van der Waals surface area contributed by atoms with Crippen LogP contribution in [0.15, 0.2) is 18.2 Å². The maximum Gasteiger partial charge on any atom is 0.334 e. The second kappa shape index (κ2) is 6.39. The van der Waals surface area contributed by atoms with Gasteiger partial charge in [-0.15, -0.1) is 0 Å². The van der Waals surface area contributed by atoms with Crippen LogP contribution in [0.1, 0.15) is 24.8 Å². The van der Waals surface area contributed by atoms with Gasteiger partial charge in [0, 0.05) is 18.7 Å². The first-order valence-corrected chi connectivity index (χ1v) is 6.90. The monoisotopic (exact) mass is 313 g/mol. The van der Waals surface area contributed by atoms with E-state index in [4.69, 9.17) is 9.84 Å². The molecule has 0 aromatic heterocycles. The van der Waals surface area contributed by atoms with Crippen molar-refractivity contribution in [3.8, 4) is 0 Å². The second-order valence-corrected chi connectivity index (χ2v) is 5.33. The predicted molar refractivity (Wildman–Crippen MR) is 73.3 cm³/mol. The largest absolute Gasteiger partial charge is 0.479 e. The van der Waals surface area contributed by atoms with E-state index in [0.29, 0.717) is 12.8 Å². The fourth-order valence-electron chi connectivity index (χ4n) is 2.65. The molecule has 0 radical (unpaired) electrons. The molecule has 1 saturated carbocycles. The molecule has 120 valence electrons. The second-order valence-electron chi connectivity index (χ2n) is 5.33. The zero-order valence-corrected chi connectivity index (χ0v) is 12.1. The Morgan fingerprint density at radius 3 is 2.55 bits per heavy atom. The summed E-state index contributed by atoms with van der Waals surface area (Å²) in [4.78, 5) is 23.3. The van der Waals surface area contributed by atoms with Crippen molar-refractivity contribution in [3.05, 3.63) is 35.4 Å². The number of rotatable bonds is 6. The van der Waals surface area contributed by atoms with E-state index in [1.54, 1.807) is 0 Å². The number of carboxylic acids is 1. The molecule has 1 atom stereocenters. The third kappa shape index (κ3) is 2.94. The number of carbonyl (C=O) groups is 2. The van der Waals surface area contributed by atoms with Crippen LogP contribution in [-0.4, -0.2) is 36.7 Å². The van der Waals surface area contributed by atoms with E-state index in [2.05, 4.69) is 5.32 Å². The molecule has 2 rings (SSSR count). The van der Waals surface area contributed by atoms with E-state index >= 15 is 0 Å². The summed E-state index contributed by atoms with van der Waals surface area (Å²) in [5.41, 5.74) is -0.920. The number of carboxylic acid groups (broad SMARTS) is 1. The van der Waals surface area contributed by atoms with Gasteiger partial charge >= 0.3 is 5.97 Å². The first-order chi connectivity index (χ1) is 10.4. The lowest BCUT2D eigenvalue weighted by Gasteiger charge is -2.41. The Hall–Kier alpha value is -2.02. The highest BCUT2D eigenvalue weighted by Crippen LogP contribution is 2.45. The molecule has 1 fully saturated rings. The van der Waals surface area contributed by atoms with Crippen molar-refractivity contribution in [2.45, 2.75) is 30.8 Å². The number of hydrogen-bond donors (Lipinski definition) is 2. The molecule has 1 aromatic rings. The van der Waals surface area contributed by atoms with Crippen molar-refractivity contribution in [3.63, 3.8) is 0 Å². The molecule has 22 heavy (non-hydrogen) atoms. The molecule has 0 heterocycles. The lowest BCUT2D eigenvalue weighted by Crippen LogP contribution is -2.52. The molecule has 7 heteroatoms. The van der Waals surface area contributed by atoms with Gasteiger partial charge in [0.15, 0.2) is 6.10 Å². The van der Waals surface area contributed by atoms with E-state index < -0.39 is 35.0 Å². The van der Waals surface area contributed by atoms with Gasteiger partial charge in [-0.1, -0.05) is 12.5 Å². The van der Waals surface area contributed by atoms with E-state index in [9.17, 15) is 18.4 Å². The quantitative estimate of drug-likeness (QED) is 0.836. The minimum absolute atomic E-state index is 0.141. The number of halogens is 2. The lowest BCUT2D eigenvalue weighted by molar-refractivity contribution is -0.148. The van der Waals surface area contributed by atoms with Crippen LogP contribution in [0.4, 0.5) is 8.78 Å². The van der Waals surface area contributed by atoms with Crippen molar-refractivity contribution in [2.75, 3.05) is 13.7 Å². The summed E-state index contributed by atoms with van der Waals surface area (Å²) in [6, 6.07) is 3.13. The number of ether oxygens (including phenoxy) is 1. The van der Waals surface area contributed by atoms with Gasteiger partial charge in [0.25, 0.3) is 0 Å². The van der Waals surface area contributed by atoms with Crippen LogP contribution in [-0.2, 0) is 19.7 Å². The van der Waals surface area contributed by atoms with E-state index in [1.807, 2.05) is 0 Å². The Morgan fingerprint density at radius 2 is 2.09 bits per heavy atom. The lowest BCUT2D eigenvalue weighted by atomic mass is 9.63. The van der Waals surface area contributed by atoms with Crippen LogP contribution in [0.3, 0.4) is 0 Å². The van der Waals surface area contributed by atoms with Crippen molar-refractivity contribution in [2.24, 2.45) is 0 Å². The Kier molecular flexibility index (Phi) is 4.75. The van der Waals surface area contributed by atoms with Gasteiger partial charge < -0.3 is 15.2 Å². The summed E-state index contributed by atoms with van der Waals surface area (Å²) >= 11 is 0. The molecule has 1 aliphatic carbocycles. The summed E-state index contributed by atoms with van der Waals surface area (Å²) in [5, 5.41) is 11.4. The molecule has 5 nitrogen and oxygen atoms in total. The van der Waals surface area contributed by atoms with Gasteiger partial charge in [0.2, 0.25) is 5.91 Å². The average molecular weight is 313 g/mol. The Labute approximate surface area is 126 Å². The van der Waals surface area contributed by atoms with Crippen LogP contribution >= 0.6 is 0 Å². The maximum atomic E-state index is 14.0. The normalized spacial score (nSPS) is 17.4. The standard InChI is InChI=1S/C15H17F2NO4/c1-22-12(13(19)20)8-18-14(21)15(5-2-6-15)10-4-3-9(16)7-11(10)17/h3-4,7,12H,2,5-6,8H2,1H3,(H,18,21)(H,19,20). The van der Waals surface area contributed by atoms with Crippen molar-refractivity contribution < 1.29 is 28.2 Å². The first-order valence-electron chi connectivity index (χ1n) is 6.90. The zero-order chi connectivity index (χ0) is 16.3. The molecule has 2 N–H and O–H groups in total. The molecule has 1 amide bonds. The van der Waals surface area contributed by atoms with E-state index in [1.165, 1.54) is 13.2 Å². The molecule has 0 bridgehead atoms. The SMILES string of the molecule is COC(CNC(=O)C1(c2ccc(F)cc2F)CCC1)C(=O)O. The number of methoxy groups -OCH3 is 1. The Balaban J connectivity index is 2.16. The van der Waals surface area contributed by atoms with Crippen molar-refractivity contribution in [1.29, 1.82) is 0 Å². The van der Waals surface area contributed by atoms with Crippen LogP contribution < -0.4 is 5.32 Å². The fourth-order valence-corrected chi connectivity index (χ4v) is 2.65. The number of carbonyl (C=O) groups excluding carboxylic acids is 1. The van der Waals surface area contributed by atoms with E-state index in [0.717, 1.165) is 18.6 Å². The molecule has 1 aromatic carbocycles. The molecular weight excluding hydrogens is 296 g/mol. The summed E-state index contributed by atoms with van der Waals surface area (Å²) in [7, 11) is 1.23. The van der Waals surface area contributed by atoms with Crippen LogP contribution in [0.2, 0.25) is 0 Å². The number of aliphatic carboxylic acids is 1. The topological polar surface area (TPSA) is 75.6 Å². The number of hydrogen-bond acceptors (Lipinski definition) is 3. The summed E-state index contributed by atoms with van der Waals surface area (Å²) in [6.45, 7) is -0.213. The molecule has 1 aliphatic rings. The highest BCUT2D eigenvalue weighted by molar-refractivity contribution is 5.89. The fraction of sp³-hybridized carbons (Fsp3) is 0.467. The molecule has 0 spiro atoms. The number of amides is 1. The molecular formula is C15H17F2NO4. The van der Waals surface area contributed by atoms with Gasteiger partial charge in [-0.2, -0.15) is 0 Å². The summed E-state index contributed by atoms with van der Waals surface area (Å²) < 4.78 is 31.7. The molecule has 1 unspecified atom stereocenters. The van der Waals surface area contributed by atoms with Gasteiger partial charge in [0.05, 0.1) is 12.0 Å². The highest BCUT2D eigenvalue weighted by atomic mass is 19.1. The minimum Gasteiger partial charge on any atom is -0.479 e. The Morgan fingerprint density at radius 1 is 1.41 bits per heavy atom. The summed E-state index contributed by atoms with van der Waals surface area (Å²) in [5.74, 6) is -3.14. The third-order valence-corrected chi connectivity index (χ3v) is 4.10. The highest BCUT2D eigenvalue weighted by Gasteiger charge is 2.47. The first kappa shape index (κ1) is 16.4. The van der Waals surface area contributed by atoms with Crippen molar-refractivity contribution >= 4 is 11.9 Å². The summed E-state index contributed by atoms with van der Waals surface area (Å²) in [6.07, 6.45) is 0.453. The van der Waals surface area contributed by atoms with Gasteiger partial charge in [-0.25, -0.2) is 13.6 Å². The molecule has 0 aliphatic heterocycles. The predicted octanol–water partition coefficient (Wildman–Crippen LogP) is 1.60. The smallest absolute Gasteiger partial charge is 0.334 e. The number of nitrogens with one attached hydrogen (secondary N) is 1. The third-order valence-electron chi connectivity index (χ3n) is 4.10. The van der Waals surface area contributed by atoms with Crippen LogP contribution in [0, 0.1) is 11.6 Å². The van der Waals surface area contributed by atoms with Gasteiger partial charge in [-0.05, 0) is 18.9 Å². The Bertz CT molecular complexity index is 587. The van der Waals surface area contributed by atoms with Crippen LogP contribution in [0.25, 0.3) is 0 Å². The minimum atomic E-state index is -1.20. The van der Waals surface area contributed by atoms with Gasteiger partial charge in [-0.3, -0.25) is 4.79 Å². The average Bonchev–Trinajstić information content (AvgIpc) is 2.40. The van der Waals surface area contributed by atoms with Crippen LogP contribution in [0.5, 0.6) is 0 Å². The van der Waals surface area contributed by atoms with E-state index in [-0.39, 0.29) is 12.1 Å². The zero-order valence-electron chi connectivity index (χ0n) is 12.1.